The zero-order valence-corrected chi connectivity index (χ0v) is 11.2. The van der Waals surface area contributed by atoms with Crippen molar-refractivity contribution in [2.45, 2.75) is 33.1 Å². The van der Waals surface area contributed by atoms with Crippen molar-refractivity contribution in [3.8, 4) is 0 Å². The molecule has 0 unspecified atom stereocenters. The van der Waals surface area contributed by atoms with Gasteiger partial charge in [-0.15, -0.1) is 0 Å². The van der Waals surface area contributed by atoms with Gasteiger partial charge in [0.2, 0.25) is 0 Å². The van der Waals surface area contributed by atoms with Crippen LogP contribution in [0, 0.1) is 6.92 Å². The largest absolute Gasteiger partial charge is 3.00 e. The van der Waals surface area contributed by atoms with Crippen LogP contribution in [0.4, 0.5) is 0 Å². The maximum Gasteiger partial charge on any atom is 3.00 e. The minimum absolute atomic E-state index is 0. The Morgan fingerprint density at radius 3 is 2.31 bits per heavy atom. The molecule has 0 saturated carbocycles. The first kappa shape index (κ1) is 19.3. The first-order chi connectivity index (χ1) is 4.83. The standard InChI is InChI=1S/C10H15.2ClH.Ti/c1-3-4-5-10-7-6-9(2)8-10;;;/h6-8H,3-5H2,1-2H3;2*1H;/q-1;;;+3/p-2. The monoisotopic (exact) mass is 253 g/mol. The van der Waals surface area contributed by atoms with Crippen molar-refractivity contribution >= 4 is 0 Å². The van der Waals surface area contributed by atoms with Crippen LogP contribution in [0.5, 0.6) is 0 Å². The van der Waals surface area contributed by atoms with Gasteiger partial charge in [-0.2, -0.15) is 23.3 Å². The van der Waals surface area contributed by atoms with Crippen molar-refractivity contribution in [2.24, 2.45) is 0 Å². The third-order valence-corrected chi connectivity index (χ3v) is 1.79. The Morgan fingerprint density at radius 1 is 1.31 bits per heavy atom. The van der Waals surface area contributed by atoms with Crippen LogP contribution in [0.15, 0.2) is 18.2 Å². The van der Waals surface area contributed by atoms with Crippen LogP contribution in [0.1, 0.15) is 30.9 Å². The Balaban J connectivity index is -0.000000333. The Labute approximate surface area is 109 Å². The van der Waals surface area contributed by atoms with Crippen LogP contribution in [0.2, 0.25) is 0 Å². The van der Waals surface area contributed by atoms with E-state index >= 15 is 0 Å². The van der Waals surface area contributed by atoms with Crippen molar-refractivity contribution in [3.05, 3.63) is 29.3 Å². The SMILES string of the molecule is CCCCc1cc[c-](C)c1.[Cl-].[Cl-].[Ti+3]. The van der Waals surface area contributed by atoms with Crippen LogP contribution in [0.25, 0.3) is 0 Å². The van der Waals surface area contributed by atoms with E-state index in [1.807, 2.05) is 0 Å². The molecular formula is C10H15Cl2Ti. The van der Waals surface area contributed by atoms with Crippen LogP contribution < -0.4 is 24.8 Å². The van der Waals surface area contributed by atoms with E-state index in [-0.39, 0.29) is 46.5 Å². The van der Waals surface area contributed by atoms with Gasteiger partial charge in [0.05, 0.1) is 0 Å². The van der Waals surface area contributed by atoms with E-state index < -0.39 is 0 Å². The topological polar surface area (TPSA) is 0 Å². The van der Waals surface area contributed by atoms with Crippen LogP contribution in [0.3, 0.4) is 0 Å². The first-order valence-electron chi connectivity index (χ1n) is 4.05. The van der Waals surface area contributed by atoms with Gasteiger partial charge in [0, 0.05) is 0 Å². The molecule has 0 atom stereocenters. The first-order valence-corrected chi connectivity index (χ1v) is 4.05. The fourth-order valence-electron chi connectivity index (χ4n) is 1.16. The van der Waals surface area contributed by atoms with Crippen molar-refractivity contribution in [2.75, 3.05) is 0 Å². The molecule has 0 saturated heterocycles. The molecule has 1 aromatic rings. The summed E-state index contributed by atoms with van der Waals surface area (Å²) in [5, 5.41) is 0. The second-order valence-corrected chi connectivity index (χ2v) is 2.90. The number of hydrogen-bond donors (Lipinski definition) is 0. The molecule has 0 N–H and O–H groups in total. The van der Waals surface area contributed by atoms with E-state index in [0.717, 1.165) is 0 Å². The van der Waals surface area contributed by atoms with Gasteiger partial charge in [-0.3, -0.25) is 0 Å². The second-order valence-electron chi connectivity index (χ2n) is 2.90. The van der Waals surface area contributed by atoms with E-state index in [2.05, 4.69) is 32.0 Å². The third-order valence-electron chi connectivity index (χ3n) is 1.79. The zero-order valence-electron chi connectivity index (χ0n) is 8.11. The Bertz CT molecular complexity index is 197. The van der Waals surface area contributed by atoms with E-state index in [0.29, 0.717) is 0 Å². The molecule has 1 radical (unpaired) electrons. The molecule has 0 fully saturated rings. The summed E-state index contributed by atoms with van der Waals surface area (Å²) in [5.41, 5.74) is 2.89. The molecule has 0 amide bonds. The van der Waals surface area contributed by atoms with Gasteiger partial charge in [0.15, 0.2) is 0 Å². The van der Waals surface area contributed by atoms with E-state index in [4.69, 9.17) is 0 Å². The molecule has 1 rings (SSSR count). The average Bonchev–Trinajstić information content (AvgIpc) is 2.31. The summed E-state index contributed by atoms with van der Waals surface area (Å²) in [5.74, 6) is 0. The molecule has 0 aliphatic heterocycles. The van der Waals surface area contributed by atoms with E-state index in [1.54, 1.807) is 0 Å². The molecule has 3 heteroatoms. The van der Waals surface area contributed by atoms with Gasteiger partial charge in [0.25, 0.3) is 0 Å². The van der Waals surface area contributed by atoms with E-state index in [1.165, 1.54) is 30.4 Å². The summed E-state index contributed by atoms with van der Waals surface area (Å²) in [6, 6.07) is 6.69. The van der Waals surface area contributed by atoms with Gasteiger partial charge in [-0.1, -0.05) is 33.1 Å². The average molecular weight is 254 g/mol. The summed E-state index contributed by atoms with van der Waals surface area (Å²) in [6.45, 7) is 4.38. The van der Waals surface area contributed by atoms with Crippen LogP contribution >= 0.6 is 0 Å². The summed E-state index contributed by atoms with van der Waals surface area (Å²) in [4.78, 5) is 0. The van der Waals surface area contributed by atoms with Gasteiger partial charge in [0.1, 0.15) is 0 Å². The minimum atomic E-state index is 0. The summed E-state index contributed by atoms with van der Waals surface area (Å²) >= 11 is 0. The molecule has 0 aliphatic rings. The van der Waals surface area contributed by atoms with Gasteiger partial charge < -0.3 is 24.8 Å². The molecule has 1 aromatic carbocycles. The molecule has 0 nitrogen and oxygen atoms in total. The number of hydrogen-bond acceptors (Lipinski definition) is 0. The van der Waals surface area contributed by atoms with Gasteiger partial charge in [-0.05, 0) is 0 Å². The van der Waals surface area contributed by atoms with Gasteiger partial charge in [-0.25, -0.2) is 6.07 Å². The third kappa shape index (κ3) is 7.70. The smallest absolute Gasteiger partial charge is 1.00 e. The molecule has 0 aliphatic carbocycles. The molecule has 0 heterocycles. The molecule has 0 bridgehead atoms. The predicted molar refractivity (Wildman–Crippen MR) is 45.4 cm³/mol. The molecule has 0 spiro atoms. The quantitative estimate of drug-likeness (QED) is 0.400. The molecule has 13 heavy (non-hydrogen) atoms. The van der Waals surface area contributed by atoms with Crippen LogP contribution in [-0.4, -0.2) is 0 Å². The molecule has 0 aromatic heterocycles. The number of aryl methyl sites for hydroxylation is 2. The Morgan fingerprint density at radius 2 is 1.92 bits per heavy atom. The second kappa shape index (κ2) is 10.7. The van der Waals surface area contributed by atoms with E-state index in [9.17, 15) is 0 Å². The van der Waals surface area contributed by atoms with Crippen molar-refractivity contribution in [3.63, 3.8) is 0 Å². The maximum atomic E-state index is 2.27. The van der Waals surface area contributed by atoms with Crippen molar-refractivity contribution in [1.82, 2.24) is 0 Å². The fourth-order valence-corrected chi connectivity index (χ4v) is 1.16. The fraction of sp³-hybridized carbons (Fsp3) is 0.500. The number of halogens is 2. The minimum Gasteiger partial charge on any atom is -1.00 e. The summed E-state index contributed by atoms with van der Waals surface area (Å²) < 4.78 is 0. The normalized spacial score (nSPS) is 7.85. The van der Waals surface area contributed by atoms with Crippen molar-refractivity contribution in [1.29, 1.82) is 0 Å². The number of unbranched alkanes of at least 4 members (excludes halogenated alkanes) is 1. The van der Waals surface area contributed by atoms with Crippen LogP contribution in [-0.2, 0) is 28.1 Å². The number of rotatable bonds is 3. The van der Waals surface area contributed by atoms with Crippen molar-refractivity contribution < 1.29 is 46.5 Å². The van der Waals surface area contributed by atoms with Gasteiger partial charge >= 0.3 is 21.7 Å². The molecule has 73 valence electrons. The zero-order chi connectivity index (χ0) is 7.40. The summed E-state index contributed by atoms with van der Waals surface area (Å²) in [7, 11) is 0. The maximum absolute atomic E-state index is 2.27. The molecular weight excluding hydrogens is 239 g/mol. The Hall–Kier alpha value is 0.644. The summed E-state index contributed by atoms with van der Waals surface area (Å²) in [6.07, 6.45) is 3.87. The Kier molecular flexibility index (Phi) is 15.9. The predicted octanol–water partition coefficient (Wildman–Crippen LogP) is -2.94.